The van der Waals surface area contributed by atoms with Gasteiger partial charge < -0.3 is 10.0 Å². The van der Waals surface area contributed by atoms with Gasteiger partial charge in [0.2, 0.25) is 5.91 Å². The van der Waals surface area contributed by atoms with E-state index in [4.69, 9.17) is 5.26 Å². The average Bonchev–Trinajstić information content (AvgIpc) is 2.65. The number of aliphatic carboxylic acids is 1. The van der Waals surface area contributed by atoms with E-state index < -0.39 is 11.4 Å². The number of amides is 1. The summed E-state index contributed by atoms with van der Waals surface area (Å²) in [7, 11) is 1.64. The highest BCUT2D eigenvalue weighted by Crippen LogP contribution is 2.38. The first kappa shape index (κ1) is 16.5. The van der Waals surface area contributed by atoms with Gasteiger partial charge >= 0.3 is 5.97 Å². The number of hydrogen-bond acceptors (Lipinski definition) is 3. The molecule has 0 radical (unpaired) electrons. The molecule has 0 saturated heterocycles. The zero-order valence-electron chi connectivity index (χ0n) is 12.4. The van der Waals surface area contributed by atoms with Crippen LogP contribution in [0.4, 0.5) is 0 Å². The van der Waals surface area contributed by atoms with Crippen LogP contribution < -0.4 is 0 Å². The van der Waals surface area contributed by atoms with Crippen LogP contribution in [0.15, 0.2) is 0 Å². The van der Waals surface area contributed by atoms with Crippen molar-refractivity contribution in [2.45, 2.75) is 51.9 Å². The number of carboxylic acid groups (broad SMARTS) is 1. The molecule has 1 N–H and O–H groups in total. The highest BCUT2D eigenvalue weighted by atomic mass is 16.4. The quantitative estimate of drug-likeness (QED) is 0.784. The van der Waals surface area contributed by atoms with Crippen molar-refractivity contribution in [2.75, 3.05) is 13.6 Å². The molecule has 0 aromatic carbocycles. The van der Waals surface area contributed by atoms with Gasteiger partial charge in [0.1, 0.15) is 0 Å². The lowest BCUT2D eigenvalue weighted by Gasteiger charge is -2.29. The molecule has 5 nitrogen and oxygen atoms in total. The third-order valence-electron chi connectivity index (χ3n) is 4.20. The highest BCUT2D eigenvalue weighted by molar-refractivity contribution is 5.85. The number of carbonyl (C=O) groups excluding carboxylic acids is 1. The lowest BCUT2D eigenvalue weighted by Crippen LogP contribution is -2.39. The molecule has 1 saturated carbocycles. The van der Waals surface area contributed by atoms with E-state index in [1.807, 2.05) is 0 Å². The van der Waals surface area contributed by atoms with Crippen molar-refractivity contribution in [3.05, 3.63) is 0 Å². The van der Waals surface area contributed by atoms with E-state index in [1.54, 1.807) is 14.0 Å². The standard InChI is InChI=1S/C15H24N2O3/c1-12(10-16)11-17(2)13(18)9-15(14(19)20)7-5-3-4-6-8-15/h12H,3-9,11H2,1-2H3,(H,19,20). The molecular weight excluding hydrogens is 256 g/mol. The molecule has 1 unspecified atom stereocenters. The number of nitriles is 1. The van der Waals surface area contributed by atoms with E-state index >= 15 is 0 Å². The molecule has 0 bridgehead atoms. The Labute approximate surface area is 120 Å². The SMILES string of the molecule is CC(C#N)CN(C)C(=O)CC1(C(=O)O)CCCCCC1. The first-order chi connectivity index (χ1) is 9.41. The topological polar surface area (TPSA) is 81.4 Å². The van der Waals surface area contributed by atoms with Crippen molar-refractivity contribution >= 4 is 11.9 Å². The maximum Gasteiger partial charge on any atom is 0.310 e. The number of carbonyl (C=O) groups is 2. The van der Waals surface area contributed by atoms with Crippen LogP contribution in [0.1, 0.15) is 51.9 Å². The van der Waals surface area contributed by atoms with Gasteiger partial charge in [-0.2, -0.15) is 5.26 Å². The van der Waals surface area contributed by atoms with E-state index in [0.29, 0.717) is 19.4 Å². The van der Waals surface area contributed by atoms with Crippen molar-refractivity contribution in [3.63, 3.8) is 0 Å². The minimum Gasteiger partial charge on any atom is -0.481 e. The van der Waals surface area contributed by atoms with E-state index in [-0.39, 0.29) is 18.2 Å². The Balaban J connectivity index is 2.72. The second kappa shape index (κ2) is 7.28. The smallest absolute Gasteiger partial charge is 0.310 e. The summed E-state index contributed by atoms with van der Waals surface area (Å²) in [5.74, 6) is -1.26. The molecule has 1 rings (SSSR count). The Hall–Kier alpha value is -1.57. The van der Waals surface area contributed by atoms with Crippen molar-refractivity contribution < 1.29 is 14.7 Å². The number of carboxylic acids is 1. The molecule has 1 amide bonds. The van der Waals surface area contributed by atoms with Crippen molar-refractivity contribution in [2.24, 2.45) is 11.3 Å². The molecule has 1 aliphatic carbocycles. The molecular formula is C15H24N2O3. The van der Waals surface area contributed by atoms with Gasteiger partial charge in [0, 0.05) is 20.0 Å². The normalized spacial score (nSPS) is 19.4. The predicted molar refractivity (Wildman–Crippen MR) is 74.8 cm³/mol. The Morgan fingerprint density at radius 2 is 1.85 bits per heavy atom. The fourth-order valence-electron chi connectivity index (χ4n) is 2.85. The largest absolute Gasteiger partial charge is 0.481 e. The van der Waals surface area contributed by atoms with Crippen LogP contribution in [0.2, 0.25) is 0 Å². The van der Waals surface area contributed by atoms with E-state index in [0.717, 1.165) is 25.7 Å². The van der Waals surface area contributed by atoms with Crippen molar-refractivity contribution in [1.82, 2.24) is 4.90 Å². The van der Waals surface area contributed by atoms with Gasteiger partial charge in [-0.25, -0.2) is 0 Å². The lowest BCUT2D eigenvalue weighted by atomic mass is 9.77. The molecule has 1 atom stereocenters. The summed E-state index contributed by atoms with van der Waals surface area (Å²) >= 11 is 0. The first-order valence-electron chi connectivity index (χ1n) is 7.28. The fourth-order valence-corrected chi connectivity index (χ4v) is 2.85. The zero-order chi connectivity index (χ0) is 15.2. The lowest BCUT2D eigenvalue weighted by molar-refractivity contribution is -0.154. The van der Waals surface area contributed by atoms with Gasteiger partial charge in [-0.05, 0) is 19.8 Å². The van der Waals surface area contributed by atoms with Gasteiger partial charge in [-0.15, -0.1) is 0 Å². The molecule has 0 aromatic rings. The Kier molecular flexibility index (Phi) is 6.00. The first-order valence-corrected chi connectivity index (χ1v) is 7.28. The maximum absolute atomic E-state index is 12.2. The number of nitrogens with zero attached hydrogens (tertiary/aromatic N) is 2. The van der Waals surface area contributed by atoms with E-state index in [9.17, 15) is 14.7 Å². The van der Waals surface area contributed by atoms with Gasteiger partial charge in [-0.1, -0.05) is 25.7 Å². The molecule has 0 heterocycles. The summed E-state index contributed by atoms with van der Waals surface area (Å²) in [5.41, 5.74) is -0.905. The Bertz CT molecular complexity index is 392. The van der Waals surface area contributed by atoms with Crippen LogP contribution >= 0.6 is 0 Å². The summed E-state index contributed by atoms with van der Waals surface area (Å²) in [5, 5.41) is 18.3. The Morgan fingerprint density at radius 3 is 2.30 bits per heavy atom. The molecule has 20 heavy (non-hydrogen) atoms. The average molecular weight is 280 g/mol. The van der Waals surface area contributed by atoms with Crippen molar-refractivity contribution in [1.29, 1.82) is 5.26 Å². The van der Waals surface area contributed by atoms with Crippen LogP contribution in [0, 0.1) is 22.7 Å². The zero-order valence-corrected chi connectivity index (χ0v) is 12.4. The van der Waals surface area contributed by atoms with Crippen LogP contribution in [-0.4, -0.2) is 35.5 Å². The van der Waals surface area contributed by atoms with Gasteiger partial charge in [0.05, 0.1) is 17.4 Å². The second-order valence-electron chi connectivity index (χ2n) is 5.98. The second-order valence-corrected chi connectivity index (χ2v) is 5.98. The van der Waals surface area contributed by atoms with Crippen LogP contribution in [0.3, 0.4) is 0 Å². The molecule has 112 valence electrons. The molecule has 0 spiro atoms. The molecule has 0 aromatic heterocycles. The van der Waals surface area contributed by atoms with Crippen LogP contribution in [0.25, 0.3) is 0 Å². The minimum atomic E-state index is -0.905. The fraction of sp³-hybridized carbons (Fsp3) is 0.800. The minimum absolute atomic E-state index is 0.0526. The third-order valence-corrected chi connectivity index (χ3v) is 4.20. The van der Waals surface area contributed by atoms with Crippen molar-refractivity contribution in [3.8, 4) is 6.07 Å². The van der Waals surface area contributed by atoms with Crippen LogP contribution in [0.5, 0.6) is 0 Å². The molecule has 1 aliphatic rings. The van der Waals surface area contributed by atoms with Crippen LogP contribution in [-0.2, 0) is 9.59 Å². The highest BCUT2D eigenvalue weighted by Gasteiger charge is 2.41. The summed E-state index contributed by atoms with van der Waals surface area (Å²) in [6, 6.07) is 2.09. The summed E-state index contributed by atoms with van der Waals surface area (Å²) in [4.78, 5) is 25.4. The predicted octanol–water partition coefficient (Wildman–Crippen LogP) is 2.42. The number of hydrogen-bond donors (Lipinski definition) is 1. The maximum atomic E-state index is 12.2. The summed E-state index contributed by atoms with van der Waals surface area (Å²) in [6.45, 7) is 2.10. The van der Waals surface area contributed by atoms with E-state index in [2.05, 4.69) is 6.07 Å². The summed E-state index contributed by atoms with van der Waals surface area (Å²) < 4.78 is 0. The van der Waals surface area contributed by atoms with Gasteiger partial charge in [0.25, 0.3) is 0 Å². The molecule has 1 fully saturated rings. The van der Waals surface area contributed by atoms with E-state index in [1.165, 1.54) is 4.90 Å². The molecule has 0 aliphatic heterocycles. The molecule has 5 heteroatoms. The monoisotopic (exact) mass is 280 g/mol. The Morgan fingerprint density at radius 1 is 1.30 bits per heavy atom. The third kappa shape index (κ3) is 4.22. The van der Waals surface area contributed by atoms with Gasteiger partial charge in [0.15, 0.2) is 0 Å². The summed E-state index contributed by atoms with van der Waals surface area (Å²) in [6.07, 6.45) is 5.05. The van der Waals surface area contributed by atoms with Gasteiger partial charge in [-0.3, -0.25) is 9.59 Å². The number of rotatable bonds is 5.